The van der Waals surface area contributed by atoms with E-state index in [-0.39, 0.29) is 12.5 Å². The predicted octanol–water partition coefficient (Wildman–Crippen LogP) is 20.3. The number of hydrogen-bond donors (Lipinski definition) is 6. The van der Waals surface area contributed by atoms with Crippen LogP contribution in [0.2, 0.25) is 0 Å². The molecule has 6 N–H and O–H groups in total. The Balaban J connectivity index is 2.05. The largest absolute Gasteiger partial charge is 0.394 e. The number of aliphatic hydroxyl groups is 5. The Labute approximate surface area is 509 Å². The molecule has 1 fully saturated rings. The number of carbonyl (C=O) groups excluding carboxylic acids is 1. The predicted molar refractivity (Wildman–Crippen MR) is 351 cm³/mol. The van der Waals surface area contributed by atoms with Crippen LogP contribution < -0.4 is 5.32 Å². The van der Waals surface area contributed by atoms with Crippen molar-refractivity contribution in [3.8, 4) is 0 Å². The summed E-state index contributed by atoms with van der Waals surface area (Å²) in [5.41, 5.74) is 0. The molecule has 1 saturated heterocycles. The first-order valence-corrected chi connectivity index (χ1v) is 36.9. The molecule has 7 atom stereocenters. The number of rotatable bonds is 66. The third-order valence-corrected chi connectivity index (χ3v) is 18.1. The van der Waals surface area contributed by atoms with E-state index in [9.17, 15) is 30.3 Å². The number of ether oxygens (including phenoxy) is 2. The first-order chi connectivity index (χ1) is 40.3. The summed E-state index contributed by atoms with van der Waals surface area (Å²) in [5, 5.41) is 54.8. The van der Waals surface area contributed by atoms with Crippen LogP contribution in [0.15, 0.2) is 12.2 Å². The van der Waals surface area contributed by atoms with Gasteiger partial charge in [0.25, 0.3) is 0 Å². The van der Waals surface area contributed by atoms with Gasteiger partial charge in [-0.15, -0.1) is 0 Å². The highest BCUT2D eigenvalue weighted by Gasteiger charge is 2.44. The Morgan fingerprint density at radius 3 is 0.951 bits per heavy atom. The van der Waals surface area contributed by atoms with Gasteiger partial charge in [-0.05, 0) is 19.3 Å². The van der Waals surface area contributed by atoms with Crippen LogP contribution in [0.1, 0.15) is 393 Å². The average molecular weight is 1160 g/mol. The summed E-state index contributed by atoms with van der Waals surface area (Å²) >= 11 is 0. The van der Waals surface area contributed by atoms with Gasteiger partial charge in [-0.1, -0.05) is 379 Å². The maximum atomic E-state index is 13.1. The van der Waals surface area contributed by atoms with E-state index < -0.39 is 49.5 Å². The van der Waals surface area contributed by atoms with E-state index >= 15 is 0 Å². The van der Waals surface area contributed by atoms with Gasteiger partial charge in [0.15, 0.2) is 6.29 Å². The fourth-order valence-corrected chi connectivity index (χ4v) is 12.3. The van der Waals surface area contributed by atoms with E-state index in [1.54, 1.807) is 6.08 Å². The Bertz CT molecular complexity index is 1300. The van der Waals surface area contributed by atoms with Gasteiger partial charge in [0, 0.05) is 6.42 Å². The Kier molecular flexibility index (Phi) is 60.6. The summed E-state index contributed by atoms with van der Waals surface area (Å²) in [5.74, 6) is -0.166. The highest BCUT2D eigenvalue weighted by atomic mass is 16.7. The molecule has 1 heterocycles. The molecule has 0 aromatic carbocycles. The lowest BCUT2D eigenvalue weighted by molar-refractivity contribution is -0.302. The van der Waals surface area contributed by atoms with Crippen LogP contribution in [0.5, 0.6) is 0 Å². The maximum Gasteiger partial charge on any atom is 0.220 e. The minimum Gasteiger partial charge on any atom is -0.394 e. The molecule has 1 rings (SSSR count). The number of unbranched alkanes of at least 4 members (excludes halogenated alkanes) is 56. The summed E-state index contributed by atoms with van der Waals surface area (Å²) in [6, 6.07) is -0.802. The average Bonchev–Trinajstić information content (AvgIpc) is 3.52. The molecular weight excluding hydrogens is 1020 g/mol. The van der Waals surface area contributed by atoms with Crippen LogP contribution in [0, 0.1) is 0 Å². The van der Waals surface area contributed by atoms with E-state index in [1.165, 1.54) is 334 Å². The van der Waals surface area contributed by atoms with E-state index in [2.05, 4.69) is 19.2 Å². The standard InChI is InChI=1S/C73H143NO8/c1-3-5-7-9-11-13-15-17-19-21-23-25-27-28-29-30-31-32-33-34-35-36-37-38-39-40-41-43-45-47-49-51-53-55-57-59-61-63-69(77)74-66(65-81-73-72(80)71(79)70(78)68(64-75)82-73)67(76)62-60-58-56-54-52-50-48-46-44-42-26-24-22-20-18-16-14-12-10-8-6-4-2/h60,62,66-68,70-73,75-76,78-80H,3-59,61,63-65H2,1-2H3,(H,74,77)/b62-60+. The van der Waals surface area contributed by atoms with E-state index in [4.69, 9.17) is 9.47 Å². The molecule has 9 heteroatoms. The quantitative estimate of drug-likeness (QED) is 0.0261. The van der Waals surface area contributed by atoms with Crippen LogP contribution in [0.4, 0.5) is 0 Å². The van der Waals surface area contributed by atoms with Crippen molar-refractivity contribution >= 4 is 5.91 Å². The van der Waals surface area contributed by atoms with Crippen molar-refractivity contribution in [3.05, 3.63) is 12.2 Å². The zero-order chi connectivity index (χ0) is 59.3. The molecular formula is C73H143NO8. The molecule has 1 aliphatic rings. The van der Waals surface area contributed by atoms with Crippen LogP contribution in [0.25, 0.3) is 0 Å². The van der Waals surface area contributed by atoms with Crippen LogP contribution >= 0.6 is 0 Å². The molecule has 9 nitrogen and oxygen atoms in total. The lowest BCUT2D eigenvalue weighted by Gasteiger charge is -2.40. The second kappa shape index (κ2) is 63.0. The summed E-state index contributed by atoms with van der Waals surface area (Å²) in [4.78, 5) is 13.1. The Morgan fingerprint density at radius 2 is 0.671 bits per heavy atom. The van der Waals surface area contributed by atoms with Crippen LogP contribution in [-0.4, -0.2) is 87.5 Å². The second-order valence-corrected chi connectivity index (χ2v) is 26.1. The van der Waals surface area contributed by atoms with Gasteiger partial charge < -0.3 is 40.3 Å². The number of nitrogens with one attached hydrogen (secondary N) is 1. The Morgan fingerprint density at radius 1 is 0.402 bits per heavy atom. The minimum atomic E-state index is -1.56. The molecule has 1 aliphatic heterocycles. The molecule has 0 radical (unpaired) electrons. The normalized spacial score (nSPS) is 18.3. The van der Waals surface area contributed by atoms with E-state index in [0.717, 1.165) is 38.5 Å². The van der Waals surface area contributed by atoms with Gasteiger partial charge in [0.2, 0.25) is 5.91 Å². The minimum absolute atomic E-state index is 0.166. The maximum absolute atomic E-state index is 13.1. The Hall–Kier alpha value is -1.07. The molecule has 0 aromatic rings. The number of aliphatic hydroxyl groups excluding tert-OH is 5. The van der Waals surface area contributed by atoms with Crippen molar-refractivity contribution in [3.63, 3.8) is 0 Å². The first-order valence-electron chi connectivity index (χ1n) is 36.9. The van der Waals surface area contributed by atoms with Crippen LogP contribution in [0.3, 0.4) is 0 Å². The number of allylic oxidation sites excluding steroid dienone is 1. The zero-order valence-electron chi connectivity index (χ0n) is 54.8. The third-order valence-electron chi connectivity index (χ3n) is 18.1. The highest BCUT2D eigenvalue weighted by Crippen LogP contribution is 2.24. The fraction of sp³-hybridized carbons (Fsp3) is 0.959. The van der Waals surface area contributed by atoms with Gasteiger partial charge in [-0.3, -0.25) is 4.79 Å². The fourth-order valence-electron chi connectivity index (χ4n) is 12.3. The number of amides is 1. The molecule has 7 unspecified atom stereocenters. The lowest BCUT2D eigenvalue weighted by atomic mass is 9.99. The third kappa shape index (κ3) is 51.0. The second-order valence-electron chi connectivity index (χ2n) is 26.1. The van der Waals surface area contributed by atoms with Crippen molar-refractivity contribution in [1.82, 2.24) is 5.32 Å². The lowest BCUT2D eigenvalue weighted by Crippen LogP contribution is -2.60. The van der Waals surface area contributed by atoms with E-state index in [0.29, 0.717) is 6.42 Å². The molecule has 488 valence electrons. The van der Waals surface area contributed by atoms with Crippen molar-refractivity contribution in [1.29, 1.82) is 0 Å². The van der Waals surface area contributed by atoms with Gasteiger partial charge in [0.05, 0.1) is 25.4 Å². The van der Waals surface area contributed by atoms with Gasteiger partial charge >= 0.3 is 0 Å². The van der Waals surface area contributed by atoms with Crippen molar-refractivity contribution < 1.29 is 39.8 Å². The van der Waals surface area contributed by atoms with Crippen molar-refractivity contribution in [2.45, 2.75) is 436 Å². The summed E-state index contributed by atoms with van der Waals surface area (Å²) in [7, 11) is 0. The molecule has 0 aliphatic carbocycles. The highest BCUT2D eigenvalue weighted by molar-refractivity contribution is 5.76. The number of hydrogen-bond acceptors (Lipinski definition) is 8. The zero-order valence-corrected chi connectivity index (χ0v) is 54.8. The monoisotopic (exact) mass is 1160 g/mol. The molecule has 82 heavy (non-hydrogen) atoms. The summed E-state index contributed by atoms with van der Waals surface area (Å²) in [6.07, 6.45) is 74.9. The van der Waals surface area contributed by atoms with Crippen molar-refractivity contribution in [2.75, 3.05) is 13.2 Å². The molecule has 0 spiro atoms. The van der Waals surface area contributed by atoms with E-state index in [1.807, 2.05) is 6.08 Å². The molecule has 0 bridgehead atoms. The van der Waals surface area contributed by atoms with Crippen LogP contribution in [-0.2, 0) is 14.3 Å². The smallest absolute Gasteiger partial charge is 0.220 e. The molecule has 1 amide bonds. The summed E-state index contributed by atoms with van der Waals surface area (Å²) < 4.78 is 11.3. The molecule has 0 saturated carbocycles. The van der Waals surface area contributed by atoms with Gasteiger partial charge in [0.1, 0.15) is 24.4 Å². The summed E-state index contributed by atoms with van der Waals surface area (Å²) in [6.45, 7) is 3.85. The van der Waals surface area contributed by atoms with Gasteiger partial charge in [-0.2, -0.15) is 0 Å². The topological polar surface area (TPSA) is 149 Å². The number of carbonyl (C=O) groups is 1. The SMILES string of the molecule is CCCCCCCCCCCCCCCCCCCCCC/C=C/C(O)C(COC1OC(CO)C(O)C(O)C1O)NC(=O)CCCCCCCCCCCCCCCCCCCCCCCCCCCCCCCCCCCCCCC. The molecule has 0 aromatic heterocycles. The van der Waals surface area contributed by atoms with Gasteiger partial charge in [-0.25, -0.2) is 0 Å². The first kappa shape index (κ1) is 78.9. The van der Waals surface area contributed by atoms with Crippen molar-refractivity contribution in [2.24, 2.45) is 0 Å².